The quantitative estimate of drug-likeness (QED) is 0.577. The van der Waals surface area contributed by atoms with E-state index >= 15 is 0 Å². The van der Waals surface area contributed by atoms with Gasteiger partial charge in [0.15, 0.2) is 5.96 Å². The van der Waals surface area contributed by atoms with E-state index in [4.69, 9.17) is 4.42 Å². The molecule has 3 heterocycles. The maximum Gasteiger partial charge on any atom is 0.191 e. The van der Waals surface area contributed by atoms with Crippen molar-refractivity contribution >= 4 is 5.96 Å². The van der Waals surface area contributed by atoms with Crippen LogP contribution in [0.2, 0.25) is 0 Å². The first-order valence-corrected chi connectivity index (χ1v) is 8.95. The van der Waals surface area contributed by atoms with Crippen LogP contribution in [-0.4, -0.2) is 54.7 Å². The van der Waals surface area contributed by atoms with Crippen molar-refractivity contribution in [3.05, 3.63) is 24.2 Å². The van der Waals surface area contributed by atoms with E-state index in [9.17, 15) is 5.11 Å². The molecule has 2 saturated heterocycles. The van der Waals surface area contributed by atoms with Gasteiger partial charge < -0.3 is 25.1 Å². The van der Waals surface area contributed by atoms with Crippen LogP contribution in [-0.2, 0) is 5.60 Å². The summed E-state index contributed by atoms with van der Waals surface area (Å²) in [4.78, 5) is 6.87. The van der Waals surface area contributed by atoms with E-state index in [2.05, 4.69) is 27.6 Å². The summed E-state index contributed by atoms with van der Waals surface area (Å²) in [5.41, 5.74) is -1.07. The number of aliphatic hydroxyl groups is 1. The molecule has 1 aromatic heterocycles. The molecule has 3 rings (SSSR count). The summed E-state index contributed by atoms with van der Waals surface area (Å²) in [5.74, 6) is 1.30. The molecule has 6 heteroatoms. The first kappa shape index (κ1) is 17.3. The molecule has 6 nitrogen and oxygen atoms in total. The summed E-state index contributed by atoms with van der Waals surface area (Å²) in [6.45, 7) is 2.09. The van der Waals surface area contributed by atoms with E-state index in [-0.39, 0.29) is 0 Å². The normalized spacial score (nSPS) is 30.7. The van der Waals surface area contributed by atoms with Crippen LogP contribution in [0.3, 0.4) is 0 Å². The lowest BCUT2D eigenvalue weighted by molar-refractivity contribution is 0.0377. The number of nitrogens with zero attached hydrogens (tertiary/aromatic N) is 2. The van der Waals surface area contributed by atoms with Crippen molar-refractivity contribution in [1.29, 1.82) is 0 Å². The Morgan fingerprint density at radius 1 is 1.42 bits per heavy atom. The molecule has 0 spiro atoms. The van der Waals surface area contributed by atoms with Crippen molar-refractivity contribution in [2.24, 2.45) is 4.99 Å². The summed E-state index contributed by atoms with van der Waals surface area (Å²) in [7, 11) is 4.03. The number of aliphatic imine (C=N–C) groups is 1. The van der Waals surface area contributed by atoms with Gasteiger partial charge in [0.1, 0.15) is 11.4 Å². The standard InChI is InChI=1S/C18H30N4O2/c1-18(23,16-8-5-9-24-16)12-20-17(19-2)21-13-10-14-6-4-7-15(11-13)22(14)3/h5,8-9,13-15,23H,4,6-7,10-12H2,1-3H3,(H2,19,20,21). The van der Waals surface area contributed by atoms with Gasteiger partial charge >= 0.3 is 0 Å². The summed E-state index contributed by atoms with van der Waals surface area (Å²) in [5, 5.41) is 17.3. The number of furan rings is 1. The van der Waals surface area contributed by atoms with Gasteiger partial charge in [-0.15, -0.1) is 0 Å². The van der Waals surface area contributed by atoms with Gasteiger partial charge in [-0.2, -0.15) is 0 Å². The van der Waals surface area contributed by atoms with E-state index in [1.807, 2.05) is 0 Å². The fourth-order valence-electron chi connectivity index (χ4n) is 4.05. The fourth-order valence-corrected chi connectivity index (χ4v) is 4.05. The number of hydrogen-bond donors (Lipinski definition) is 3. The molecule has 2 aliphatic heterocycles. The van der Waals surface area contributed by atoms with Gasteiger partial charge in [-0.3, -0.25) is 4.99 Å². The molecule has 134 valence electrons. The third-order valence-corrected chi connectivity index (χ3v) is 5.56. The largest absolute Gasteiger partial charge is 0.466 e. The lowest BCUT2D eigenvalue weighted by atomic mass is 9.82. The van der Waals surface area contributed by atoms with E-state index in [1.165, 1.54) is 19.3 Å². The highest BCUT2D eigenvalue weighted by Gasteiger charge is 2.36. The predicted molar refractivity (Wildman–Crippen MR) is 95.0 cm³/mol. The molecule has 3 N–H and O–H groups in total. The Labute approximate surface area is 144 Å². The Kier molecular flexibility index (Phi) is 5.15. The van der Waals surface area contributed by atoms with Crippen LogP contribution in [0.1, 0.15) is 44.8 Å². The lowest BCUT2D eigenvalue weighted by Crippen LogP contribution is -2.57. The molecular weight excluding hydrogens is 304 g/mol. The Morgan fingerprint density at radius 2 is 2.12 bits per heavy atom. The molecule has 3 unspecified atom stereocenters. The SMILES string of the molecule is CN=C(NCC(C)(O)c1ccco1)NC1CC2CCCC(C1)N2C. The van der Waals surface area contributed by atoms with Gasteiger partial charge in [0.05, 0.1) is 12.8 Å². The highest BCUT2D eigenvalue weighted by molar-refractivity contribution is 5.80. The second-order valence-corrected chi connectivity index (χ2v) is 7.39. The molecule has 3 atom stereocenters. The number of nitrogens with one attached hydrogen (secondary N) is 2. The lowest BCUT2D eigenvalue weighted by Gasteiger charge is -2.47. The molecule has 2 aliphatic rings. The average Bonchev–Trinajstić information content (AvgIpc) is 3.07. The molecular formula is C18H30N4O2. The second kappa shape index (κ2) is 7.15. The predicted octanol–water partition coefficient (Wildman–Crippen LogP) is 1.67. The maximum atomic E-state index is 10.5. The molecule has 0 aromatic carbocycles. The van der Waals surface area contributed by atoms with E-state index in [0.717, 1.165) is 18.8 Å². The first-order valence-electron chi connectivity index (χ1n) is 8.95. The zero-order chi connectivity index (χ0) is 17.2. The van der Waals surface area contributed by atoms with Crippen molar-refractivity contribution in [2.45, 2.75) is 62.8 Å². The number of rotatable bonds is 4. The minimum absolute atomic E-state index is 0.347. The molecule has 0 amide bonds. The van der Waals surface area contributed by atoms with Crippen LogP contribution in [0.25, 0.3) is 0 Å². The number of hydrogen-bond acceptors (Lipinski definition) is 4. The van der Waals surface area contributed by atoms with Crippen molar-refractivity contribution in [3.63, 3.8) is 0 Å². The molecule has 0 saturated carbocycles. The van der Waals surface area contributed by atoms with Gasteiger partial charge in [-0.25, -0.2) is 0 Å². The van der Waals surface area contributed by atoms with Crippen molar-refractivity contribution in [3.8, 4) is 0 Å². The number of guanidine groups is 1. The molecule has 24 heavy (non-hydrogen) atoms. The smallest absolute Gasteiger partial charge is 0.191 e. The van der Waals surface area contributed by atoms with Crippen LogP contribution in [0.4, 0.5) is 0 Å². The van der Waals surface area contributed by atoms with Gasteiger partial charge in [0.25, 0.3) is 0 Å². The highest BCUT2D eigenvalue weighted by atomic mass is 16.4. The van der Waals surface area contributed by atoms with Gasteiger partial charge in [0.2, 0.25) is 0 Å². The highest BCUT2D eigenvalue weighted by Crippen LogP contribution is 2.32. The van der Waals surface area contributed by atoms with Crippen LogP contribution in [0.15, 0.2) is 27.8 Å². The minimum Gasteiger partial charge on any atom is -0.466 e. The summed E-state index contributed by atoms with van der Waals surface area (Å²) < 4.78 is 5.32. The molecule has 0 aliphatic carbocycles. The molecule has 2 fully saturated rings. The van der Waals surface area contributed by atoms with Gasteiger partial charge in [-0.1, -0.05) is 6.42 Å². The third-order valence-electron chi connectivity index (χ3n) is 5.56. The monoisotopic (exact) mass is 334 g/mol. The van der Waals surface area contributed by atoms with E-state index < -0.39 is 5.60 Å². The average molecular weight is 334 g/mol. The van der Waals surface area contributed by atoms with Crippen molar-refractivity contribution < 1.29 is 9.52 Å². The Bertz CT molecular complexity index is 541. The Balaban J connectivity index is 1.54. The van der Waals surface area contributed by atoms with Crippen molar-refractivity contribution in [1.82, 2.24) is 15.5 Å². The summed E-state index contributed by atoms with van der Waals surface area (Å²) in [6.07, 6.45) is 7.83. The van der Waals surface area contributed by atoms with E-state index in [0.29, 0.717) is 30.4 Å². The zero-order valence-electron chi connectivity index (χ0n) is 15.0. The topological polar surface area (TPSA) is 73.0 Å². The van der Waals surface area contributed by atoms with Crippen LogP contribution in [0.5, 0.6) is 0 Å². The Hall–Kier alpha value is -1.53. The molecule has 1 aromatic rings. The summed E-state index contributed by atoms with van der Waals surface area (Å²) in [6, 6.07) is 5.37. The maximum absolute atomic E-state index is 10.5. The second-order valence-electron chi connectivity index (χ2n) is 7.39. The molecule has 2 bridgehead atoms. The molecule has 0 radical (unpaired) electrons. The first-order chi connectivity index (χ1) is 11.5. The Morgan fingerprint density at radius 3 is 2.71 bits per heavy atom. The van der Waals surface area contributed by atoms with Crippen LogP contribution in [0, 0.1) is 0 Å². The number of fused-ring (bicyclic) bond motifs is 2. The van der Waals surface area contributed by atoms with Crippen LogP contribution < -0.4 is 10.6 Å². The third kappa shape index (κ3) is 3.75. The minimum atomic E-state index is -1.07. The zero-order valence-corrected chi connectivity index (χ0v) is 15.0. The van der Waals surface area contributed by atoms with E-state index in [1.54, 1.807) is 32.4 Å². The van der Waals surface area contributed by atoms with Gasteiger partial charge in [-0.05, 0) is 51.8 Å². The van der Waals surface area contributed by atoms with Crippen molar-refractivity contribution in [2.75, 3.05) is 20.6 Å². The van der Waals surface area contributed by atoms with Gasteiger partial charge in [0, 0.05) is 25.2 Å². The van der Waals surface area contributed by atoms with Crippen LogP contribution >= 0.6 is 0 Å². The fraction of sp³-hybridized carbons (Fsp3) is 0.722. The number of piperidine rings is 2. The summed E-state index contributed by atoms with van der Waals surface area (Å²) >= 11 is 0.